The zero-order valence-corrected chi connectivity index (χ0v) is 11.6. The van der Waals surface area contributed by atoms with E-state index in [9.17, 15) is 0 Å². The second kappa shape index (κ2) is 6.39. The largest absolute Gasteiger partial charge is 0.477 e. The number of hydrogen-bond acceptors (Lipinski definition) is 5. The fourth-order valence-electron chi connectivity index (χ4n) is 1.49. The number of aliphatic imine (C=N–C) groups is 1. The first-order valence-electron chi connectivity index (χ1n) is 6.30. The number of rotatable bonds is 5. The Morgan fingerprint density at radius 2 is 2.17 bits per heavy atom. The predicted octanol–water partition coefficient (Wildman–Crippen LogP) is 1.52. The van der Waals surface area contributed by atoms with Crippen molar-refractivity contribution in [3.05, 3.63) is 12.0 Å². The molecule has 1 atom stereocenters. The third-order valence-electron chi connectivity index (χ3n) is 2.57. The Labute approximate surface area is 108 Å². The van der Waals surface area contributed by atoms with E-state index in [0.717, 1.165) is 6.42 Å². The summed E-state index contributed by atoms with van der Waals surface area (Å²) in [4.78, 5) is 8.57. The predicted molar refractivity (Wildman–Crippen MR) is 73.5 cm³/mol. The molecule has 4 N–H and O–H groups in total. The van der Waals surface area contributed by atoms with Gasteiger partial charge in [0.15, 0.2) is 5.69 Å². The molecule has 0 fully saturated rings. The zero-order chi connectivity index (χ0) is 13.7. The van der Waals surface area contributed by atoms with Crippen LogP contribution >= 0.6 is 0 Å². The summed E-state index contributed by atoms with van der Waals surface area (Å²) in [6, 6.07) is 0.244. The lowest BCUT2D eigenvalue weighted by atomic mass is 10.3. The average Bonchev–Trinajstić information content (AvgIpc) is 2.70. The number of nitrogen functional groups attached to an aromatic ring is 1. The summed E-state index contributed by atoms with van der Waals surface area (Å²) in [6.45, 7) is 8.44. The van der Waals surface area contributed by atoms with Crippen LogP contribution in [0.25, 0.3) is 0 Å². The Balaban J connectivity index is 3.10. The Kier molecular flexibility index (Phi) is 5.15. The molecule has 18 heavy (non-hydrogen) atoms. The maximum absolute atomic E-state index is 6.05. The van der Waals surface area contributed by atoms with Crippen molar-refractivity contribution in [1.29, 1.82) is 0 Å². The van der Waals surface area contributed by atoms with E-state index in [2.05, 4.69) is 9.98 Å². The van der Waals surface area contributed by atoms with E-state index < -0.39 is 0 Å². The number of aromatic nitrogens is 2. The Bertz CT molecular complexity index is 411. The minimum Gasteiger partial charge on any atom is -0.477 e. The topological polar surface area (TPSA) is 91.5 Å². The Hall–Kier alpha value is -1.56. The lowest BCUT2D eigenvalue weighted by Gasteiger charge is -2.11. The quantitative estimate of drug-likeness (QED) is 0.615. The molecule has 102 valence electrons. The smallest absolute Gasteiger partial charge is 0.240 e. The van der Waals surface area contributed by atoms with Gasteiger partial charge in [0.1, 0.15) is 12.0 Å². The van der Waals surface area contributed by atoms with Crippen LogP contribution in [-0.4, -0.2) is 28.2 Å². The van der Waals surface area contributed by atoms with Crippen molar-refractivity contribution in [1.82, 2.24) is 9.55 Å². The standard InChI is InChI=1S/C12H23N5O/c1-5-9(13)16-12(18-6-2)10-11(14)17(7-15-10)8(3)4/h7-9H,5-6,13-14H2,1-4H3/b16-12+. The molecule has 0 aliphatic carbocycles. The van der Waals surface area contributed by atoms with Gasteiger partial charge in [0.2, 0.25) is 5.90 Å². The molecule has 0 saturated carbocycles. The highest BCUT2D eigenvalue weighted by Gasteiger charge is 2.17. The molecule has 6 heteroatoms. The summed E-state index contributed by atoms with van der Waals surface area (Å²) in [5.74, 6) is 0.976. The second-order valence-corrected chi connectivity index (χ2v) is 4.32. The molecule has 0 aliphatic rings. The second-order valence-electron chi connectivity index (χ2n) is 4.32. The van der Waals surface area contributed by atoms with Crippen molar-refractivity contribution in [3.8, 4) is 0 Å². The SMILES string of the molecule is CCO/C(=N/C(N)CC)c1ncn(C(C)C)c1N. The van der Waals surface area contributed by atoms with Crippen LogP contribution in [0.5, 0.6) is 0 Å². The summed E-state index contributed by atoms with van der Waals surface area (Å²) in [7, 11) is 0. The van der Waals surface area contributed by atoms with Gasteiger partial charge in [-0.15, -0.1) is 0 Å². The van der Waals surface area contributed by atoms with Crippen LogP contribution in [0.1, 0.15) is 45.9 Å². The third-order valence-corrected chi connectivity index (χ3v) is 2.57. The van der Waals surface area contributed by atoms with Gasteiger partial charge in [0.25, 0.3) is 0 Å². The number of anilines is 1. The molecule has 0 amide bonds. The van der Waals surface area contributed by atoms with E-state index in [-0.39, 0.29) is 12.2 Å². The van der Waals surface area contributed by atoms with Crippen LogP contribution < -0.4 is 11.5 Å². The van der Waals surface area contributed by atoms with Gasteiger partial charge in [-0.05, 0) is 27.2 Å². The number of ether oxygens (including phenoxy) is 1. The molecule has 0 saturated heterocycles. The molecule has 1 rings (SSSR count). The minimum atomic E-state index is -0.296. The zero-order valence-electron chi connectivity index (χ0n) is 11.6. The molecule has 0 radical (unpaired) electrons. The fourth-order valence-corrected chi connectivity index (χ4v) is 1.49. The van der Waals surface area contributed by atoms with Crippen molar-refractivity contribution in [2.75, 3.05) is 12.3 Å². The molecule has 0 spiro atoms. The van der Waals surface area contributed by atoms with E-state index in [4.69, 9.17) is 16.2 Å². The van der Waals surface area contributed by atoms with Crippen LogP contribution in [-0.2, 0) is 4.74 Å². The molecule has 0 aromatic carbocycles. The van der Waals surface area contributed by atoms with E-state index >= 15 is 0 Å². The van der Waals surface area contributed by atoms with Crippen LogP contribution in [0, 0.1) is 0 Å². The molecule has 0 bridgehead atoms. The van der Waals surface area contributed by atoms with Gasteiger partial charge < -0.3 is 20.8 Å². The molecular weight excluding hydrogens is 230 g/mol. The van der Waals surface area contributed by atoms with E-state index in [1.54, 1.807) is 6.33 Å². The highest BCUT2D eigenvalue weighted by Crippen LogP contribution is 2.17. The van der Waals surface area contributed by atoms with Gasteiger partial charge >= 0.3 is 0 Å². The van der Waals surface area contributed by atoms with Gasteiger partial charge in [-0.25, -0.2) is 9.98 Å². The minimum absolute atomic E-state index is 0.244. The van der Waals surface area contributed by atoms with Crippen molar-refractivity contribution in [2.24, 2.45) is 10.7 Å². The van der Waals surface area contributed by atoms with Gasteiger partial charge in [-0.2, -0.15) is 0 Å². The molecule has 1 heterocycles. The highest BCUT2D eigenvalue weighted by molar-refractivity contribution is 5.96. The first-order valence-corrected chi connectivity index (χ1v) is 6.30. The van der Waals surface area contributed by atoms with Crippen molar-refractivity contribution < 1.29 is 4.74 Å². The molecule has 1 aromatic heterocycles. The van der Waals surface area contributed by atoms with Crippen LogP contribution in [0.3, 0.4) is 0 Å². The van der Waals surface area contributed by atoms with Gasteiger partial charge in [0.05, 0.1) is 12.9 Å². The van der Waals surface area contributed by atoms with Gasteiger partial charge in [0, 0.05) is 6.04 Å². The first-order chi connectivity index (χ1) is 8.51. The Morgan fingerprint density at radius 1 is 1.50 bits per heavy atom. The molecule has 6 nitrogen and oxygen atoms in total. The summed E-state index contributed by atoms with van der Waals surface area (Å²) < 4.78 is 7.36. The molecular formula is C12H23N5O. The van der Waals surface area contributed by atoms with Gasteiger partial charge in [-0.1, -0.05) is 6.92 Å². The van der Waals surface area contributed by atoms with E-state index in [0.29, 0.717) is 24.0 Å². The maximum Gasteiger partial charge on any atom is 0.240 e. The summed E-state index contributed by atoms with van der Waals surface area (Å²) in [5, 5.41) is 0. The maximum atomic E-state index is 6.05. The summed E-state index contributed by atoms with van der Waals surface area (Å²) in [6.07, 6.45) is 2.14. The highest BCUT2D eigenvalue weighted by atomic mass is 16.5. The number of hydrogen-bond donors (Lipinski definition) is 2. The Morgan fingerprint density at radius 3 is 2.61 bits per heavy atom. The molecule has 1 aromatic rings. The van der Waals surface area contributed by atoms with Crippen molar-refractivity contribution in [3.63, 3.8) is 0 Å². The van der Waals surface area contributed by atoms with E-state index in [1.165, 1.54) is 0 Å². The monoisotopic (exact) mass is 253 g/mol. The molecule has 0 aliphatic heterocycles. The number of nitrogens with zero attached hydrogens (tertiary/aromatic N) is 3. The normalized spacial score (nSPS) is 14.0. The average molecular weight is 253 g/mol. The van der Waals surface area contributed by atoms with Gasteiger partial charge in [-0.3, -0.25) is 0 Å². The summed E-state index contributed by atoms with van der Waals surface area (Å²) >= 11 is 0. The lowest BCUT2D eigenvalue weighted by Crippen LogP contribution is -2.21. The van der Waals surface area contributed by atoms with Crippen LogP contribution in [0.4, 0.5) is 5.82 Å². The van der Waals surface area contributed by atoms with Crippen molar-refractivity contribution >= 4 is 11.7 Å². The first kappa shape index (κ1) is 14.5. The van der Waals surface area contributed by atoms with Crippen LogP contribution in [0.15, 0.2) is 11.3 Å². The lowest BCUT2D eigenvalue weighted by molar-refractivity contribution is 0.324. The number of nitrogens with two attached hydrogens (primary N) is 2. The van der Waals surface area contributed by atoms with E-state index in [1.807, 2.05) is 32.3 Å². The number of imidazole rings is 1. The fraction of sp³-hybridized carbons (Fsp3) is 0.667. The van der Waals surface area contributed by atoms with Crippen LogP contribution in [0.2, 0.25) is 0 Å². The molecule has 1 unspecified atom stereocenters. The van der Waals surface area contributed by atoms with Crippen molar-refractivity contribution in [2.45, 2.75) is 46.3 Å². The third kappa shape index (κ3) is 3.22. The summed E-state index contributed by atoms with van der Waals surface area (Å²) in [5.41, 5.74) is 12.4.